The van der Waals surface area contributed by atoms with Crippen molar-refractivity contribution in [1.29, 1.82) is 5.26 Å². The van der Waals surface area contributed by atoms with Gasteiger partial charge in [-0.05, 0) is 55.2 Å². The summed E-state index contributed by atoms with van der Waals surface area (Å²) in [7, 11) is 1.64. The Bertz CT molecular complexity index is 1210. The van der Waals surface area contributed by atoms with Crippen LogP contribution >= 0.6 is 0 Å². The zero-order valence-corrected chi connectivity index (χ0v) is 16.7. The smallest absolute Gasteiger partial charge is 0.422 e. The van der Waals surface area contributed by atoms with Crippen molar-refractivity contribution in [3.63, 3.8) is 0 Å². The van der Waals surface area contributed by atoms with Gasteiger partial charge in [-0.25, -0.2) is 4.98 Å². The average Bonchev–Trinajstić information content (AvgIpc) is 3.57. The number of halogens is 3. The van der Waals surface area contributed by atoms with Crippen molar-refractivity contribution in [2.24, 2.45) is 13.0 Å². The van der Waals surface area contributed by atoms with Gasteiger partial charge in [-0.15, -0.1) is 0 Å². The van der Waals surface area contributed by atoms with Crippen LogP contribution in [0.25, 0.3) is 11.0 Å². The molecule has 0 aliphatic heterocycles. The predicted molar refractivity (Wildman–Crippen MR) is 109 cm³/mol. The van der Waals surface area contributed by atoms with Crippen LogP contribution in [0.15, 0.2) is 47.3 Å². The van der Waals surface area contributed by atoms with Crippen LogP contribution in [-0.2, 0) is 7.05 Å². The lowest BCUT2D eigenvalue weighted by Gasteiger charge is -2.26. The molecule has 9 heteroatoms. The number of alkyl halides is 3. The predicted octanol–water partition coefficient (Wildman–Crippen LogP) is 4.29. The second-order valence-corrected chi connectivity index (χ2v) is 7.55. The normalized spacial score (nSPS) is 13.8. The molecule has 2 aromatic heterocycles. The van der Waals surface area contributed by atoms with Crippen LogP contribution in [-0.4, -0.2) is 28.9 Å². The summed E-state index contributed by atoms with van der Waals surface area (Å²) >= 11 is 0. The molecule has 0 N–H and O–H groups in total. The zero-order valence-electron chi connectivity index (χ0n) is 16.7. The van der Waals surface area contributed by atoms with Crippen molar-refractivity contribution < 1.29 is 17.9 Å². The minimum Gasteiger partial charge on any atom is -0.484 e. The van der Waals surface area contributed by atoms with E-state index in [0.717, 1.165) is 12.8 Å². The molecule has 0 bridgehead atoms. The number of hydrogen-bond acceptors (Lipinski definition) is 5. The molecule has 1 fully saturated rings. The molecule has 4 rings (SSSR count). The summed E-state index contributed by atoms with van der Waals surface area (Å²) < 4.78 is 43.5. The van der Waals surface area contributed by atoms with Crippen molar-refractivity contribution in [2.75, 3.05) is 18.1 Å². The van der Waals surface area contributed by atoms with Crippen LogP contribution in [0.1, 0.15) is 18.5 Å². The minimum absolute atomic E-state index is 0.103. The highest BCUT2D eigenvalue weighted by Gasteiger charge is 2.29. The zero-order chi connectivity index (χ0) is 22.2. The van der Waals surface area contributed by atoms with Crippen LogP contribution < -0.4 is 15.2 Å². The Kier molecular flexibility index (Phi) is 5.31. The van der Waals surface area contributed by atoms with Crippen molar-refractivity contribution >= 4 is 22.4 Å². The van der Waals surface area contributed by atoms with Crippen molar-refractivity contribution in [3.8, 4) is 11.8 Å². The summed E-state index contributed by atoms with van der Waals surface area (Å²) in [6.45, 7) is -0.734. The number of rotatable bonds is 6. The van der Waals surface area contributed by atoms with Crippen LogP contribution in [0.5, 0.6) is 5.75 Å². The molecule has 1 aromatic carbocycles. The fourth-order valence-electron chi connectivity index (χ4n) is 3.37. The molecule has 0 spiro atoms. The molecule has 6 nitrogen and oxygen atoms in total. The fourth-order valence-corrected chi connectivity index (χ4v) is 3.37. The highest BCUT2D eigenvalue weighted by Crippen LogP contribution is 2.37. The van der Waals surface area contributed by atoms with Crippen molar-refractivity contribution in [2.45, 2.75) is 19.0 Å². The minimum atomic E-state index is -4.41. The number of aryl methyl sites for hydroxylation is 1. The third-order valence-electron chi connectivity index (χ3n) is 5.16. The van der Waals surface area contributed by atoms with E-state index in [4.69, 9.17) is 4.74 Å². The molecule has 1 aliphatic rings. The first-order valence-electron chi connectivity index (χ1n) is 9.73. The van der Waals surface area contributed by atoms with E-state index in [-0.39, 0.29) is 17.0 Å². The molecule has 0 atom stereocenters. The number of aromatic nitrogens is 2. The number of nitrogens with zero attached hydrogens (tertiary/aromatic N) is 4. The molecule has 0 saturated heterocycles. The summed E-state index contributed by atoms with van der Waals surface area (Å²) in [5, 5.41) is 9.27. The molecular weight excluding hydrogens is 409 g/mol. The van der Waals surface area contributed by atoms with Gasteiger partial charge in [0.25, 0.3) is 5.56 Å². The summed E-state index contributed by atoms with van der Waals surface area (Å²) in [5.74, 6) is 0.547. The fraction of sp³-hybridized carbons (Fsp3) is 0.318. The van der Waals surface area contributed by atoms with E-state index in [0.29, 0.717) is 34.9 Å². The average molecular weight is 428 g/mol. The standard InChI is InChI=1S/C22H19F3N4O2/c1-28-18-9-4-15(11-26)27-21(18)19(10-20(28)30)29(12-14-2-3-14)16-5-7-17(8-6-16)31-13-22(23,24)25/h4-10,14H,2-3,12-13H2,1H3. The highest BCUT2D eigenvalue weighted by atomic mass is 19.4. The largest absolute Gasteiger partial charge is 0.484 e. The Labute approximate surface area is 176 Å². The van der Waals surface area contributed by atoms with E-state index < -0.39 is 12.8 Å². The lowest BCUT2D eigenvalue weighted by atomic mass is 10.2. The van der Waals surface area contributed by atoms with E-state index in [1.165, 1.54) is 22.8 Å². The molecule has 3 aromatic rings. The third kappa shape index (κ3) is 4.63. The van der Waals surface area contributed by atoms with E-state index in [2.05, 4.69) is 4.98 Å². The number of anilines is 2. The number of pyridine rings is 2. The first-order chi connectivity index (χ1) is 14.7. The van der Waals surface area contributed by atoms with Crippen molar-refractivity contribution in [1.82, 2.24) is 9.55 Å². The van der Waals surface area contributed by atoms with Crippen LogP contribution in [0.3, 0.4) is 0 Å². The summed E-state index contributed by atoms with van der Waals surface area (Å²) in [6.07, 6.45) is -2.30. The molecule has 31 heavy (non-hydrogen) atoms. The second-order valence-electron chi connectivity index (χ2n) is 7.55. The molecule has 0 amide bonds. The molecule has 1 aliphatic carbocycles. The third-order valence-corrected chi connectivity index (χ3v) is 5.16. The van der Waals surface area contributed by atoms with E-state index in [1.807, 2.05) is 11.0 Å². The Hall–Kier alpha value is -3.54. The second kappa shape index (κ2) is 7.95. The monoisotopic (exact) mass is 428 g/mol. The molecule has 0 unspecified atom stereocenters. The van der Waals surface area contributed by atoms with Crippen LogP contribution in [0.2, 0.25) is 0 Å². The quantitative estimate of drug-likeness (QED) is 0.586. The Balaban J connectivity index is 1.77. The Morgan fingerprint density at radius 1 is 1.23 bits per heavy atom. The van der Waals surface area contributed by atoms with Gasteiger partial charge in [-0.2, -0.15) is 18.4 Å². The number of hydrogen-bond donors (Lipinski definition) is 0. The van der Waals surface area contributed by atoms with Gasteiger partial charge in [-0.3, -0.25) is 4.79 Å². The Morgan fingerprint density at radius 2 is 1.94 bits per heavy atom. The van der Waals surface area contributed by atoms with Crippen LogP contribution in [0.4, 0.5) is 24.5 Å². The van der Waals surface area contributed by atoms with Gasteiger partial charge in [0, 0.05) is 25.3 Å². The summed E-state index contributed by atoms with van der Waals surface area (Å²) in [5.41, 5.74) is 2.37. The van der Waals surface area contributed by atoms with Gasteiger partial charge < -0.3 is 14.2 Å². The van der Waals surface area contributed by atoms with E-state index in [9.17, 15) is 23.2 Å². The highest BCUT2D eigenvalue weighted by molar-refractivity contribution is 5.91. The van der Waals surface area contributed by atoms with Gasteiger partial charge in [-0.1, -0.05) is 0 Å². The first-order valence-corrected chi connectivity index (χ1v) is 9.73. The van der Waals surface area contributed by atoms with E-state index in [1.54, 1.807) is 31.3 Å². The van der Waals surface area contributed by atoms with Gasteiger partial charge in [0.1, 0.15) is 23.0 Å². The topological polar surface area (TPSA) is 71.2 Å². The lowest BCUT2D eigenvalue weighted by Crippen LogP contribution is -2.25. The van der Waals surface area contributed by atoms with Gasteiger partial charge >= 0.3 is 6.18 Å². The van der Waals surface area contributed by atoms with Gasteiger partial charge in [0.15, 0.2) is 6.61 Å². The van der Waals surface area contributed by atoms with Crippen LogP contribution in [0, 0.1) is 17.2 Å². The molecule has 2 heterocycles. The maximum atomic E-state index is 12.6. The maximum Gasteiger partial charge on any atom is 0.422 e. The first kappa shape index (κ1) is 20.7. The van der Waals surface area contributed by atoms with Gasteiger partial charge in [0.05, 0.1) is 11.2 Å². The van der Waals surface area contributed by atoms with Gasteiger partial charge in [0.2, 0.25) is 0 Å². The number of ether oxygens (including phenoxy) is 1. The number of fused-ring (bicyclic) bond motifs is 1. The molecule has 1 saturated carbocycles. The summed E-state index contributed by atoms with van der Waals surface area (Å²) in [4.78, 5) is 19.0. The molecular formula is C22H19F3N4O2. The SMILES string of the molecule is Cn1c(=O)cc(N(CC2CC2)c2ccc(OCC(F)(F)F)cc2)c2nc(C#N)ccc21. The lowest BCUT2D eigenvalue weighted by molar-refractivity contribution is -0.153. The van der Waals surface area contributed by atoms with E-state index >= 15 is 0 Å². The summed E-state index contributed by atoms with van der Waals surface area (Å²) in [6, 6.07) is 13.0. The number of benzene rings is 1. The molecule has 0 radical (unpaired) electrons. The molecule has 160 valence electrons. The maximum absolute atomic E-state index is 12.6. The van der Waals surface area contributed by atoms with Crippen molar-refractivity contribution in [3.05, 3.63) is 58.5 Å². The Morgan fingerprint density at radius 3 is 2.55 bits per heavy atom. The number of nitriles is 1.